The lowest BCUT2D eigenvalue weighted by atomic mass is 10.1. The molecule has 0 bridgehead atoms. The Morgan fingerprint density at radius 2 is 1.91 bits per heavy atom. The fraction of sp³-hybridized carbons (Fsp3) is 0.318. The van der Waals surface area contributed by atoms with E-state index in [9.17, 15) is 17.6 Å². The van der Waals surface area contributed by atoms with Gasteiger partial charge in [-0.2, -0.15) is 4.31 Å². The van der Waals surface area contributed by atoms with Gasteiger partial charge in [0.1, 0.15) is 15.7 Å². The monoisotopic (exact) mass is 523 g/mol. The number of carbonyl (C=O) groups is 1. The topological polar surface area (TPSA) is 86.7 Å². The summed E-state index contributed by atoms with van der Waals surface area (Å²) in [5.74, 6) is -1.04. The van der Waals surface area contributed by atoms with Crippen LogP contribution in [0.25, 0.3) is 10.6 Å². The smallest absolute Gasteiger partial charge is 0.256 e. The van der Waals surface area contributed by atoms with Crippen LogP contribution in [0.2, 0.25) is 5.02 Å². The fourth-order valence-electron chi connectivity index (χ4n) is 3.73. The van der Waals surface area contributed by atoms with Crippen LogP contribution >= 0.6 is 22.9 Å². The maximum Gasteiger partial charge on any atom is 0.256 e. The number of hydrogen-bond donors (Lipinski definition) is 0. The van der Waals surface area contributed by atoms with Crippen LogP contribution in [-0.4, -0.2) is 73.5 Å². The van der Waals surface area contributed by atoms with Crippen LogP contribution in [-0.2, 0) is 10.0 Å². The first kappa shape index (κ1) is 24.5. The lowest BCUT2D eigenvalue weighted by Crippen LogP contribution is -2.53. The molecule has 1 aliphatic rings. The molecule has 1 amide bonds. The van der Waals surface area contributed by atoms with Gasteiger partial charge in [0.05, 0.1) is 10.6 Å². The highest BCUT2D eigenvalue weighted by Gasteiger charge is 2.34. The van der Waals surface area contributed by atoms with Gasteiger partial charge in [-0.15, -0.1) is 10.2 Å². The number of sulfonamides is 1. The third kappa shape index (κ3) is 4.65. The molecule has 1 aromatic heterocycles. The van der Waals surface area contributed by atoms with Gasteiger partial charge in [0.15, 0.2) is 0 Å². The zero-order valence-corrected chi connectivity index (χ0v) is 21.2. The van der Waals surface area contributed by atoms with Crippen LogP contribution in [0.15, 0.2) is 47.4 Å². The summed E-state index contributed by atoms with van der Waals surface area (Å²) in [5.41, 5.74) is 0.507. The van der Waals surface area contributed by atoms with Crippen molar-refractivity contribution < 1.29 is 17.6 Å². The van der Waals surface area contributed by atoms with Gasteiger partial charge >= 0.3 is 0 Å². The minimum absolute atomic E-state index is 0.0111. The van der Waals surface area contributed by atoms with Gasteiger partial charge in [0.2, 0.25) is 15.2 Å². The molecule has 34 heavy (non-hydrogen) atoms. The molecule has 1 unspecified atom stereocenters. The van der Waals surface area contributed by atoms with Crippen molar-refractivity contribution in [3.8, 4) is 10.6 Å². The van der Waals surface area contributed by atoms with Crippen LogP contribution in [0.5, 0.6) is 0 Å². The first-order valence-electron chi connectivity index (χ1n) is 10.5. The molecule has 4 rings (SSSR count). The molecule has 0 radical (unpaired) electrons. The number of amides is 1. The van der Waals surface area contributed by atoms with E-state index < -0.39 is 21.7 Å². The van der Waals surface area contributed by atoms with Gasteiger partial charge in [0, 0.05) is 45.3 Å². The van der Waals surface area contributed by atoms with Gasteiger partial charge in [0.25, 0.3) is 5.91 Å². The van der Waals surface area contributed by atoms with Crippen molar-refractivity contribution in [2.75, 3.05) is 38.6 Å². The number of hydrogen-bond acceptors (Lipinski definition) is 7. The van der Waals surface area contributed by atoms with E-state index in [4.69, 9.17) is 11.6 Å². The van der Waals surface area contributed by atoms with E-state index in [1.165, 1.54) is 38.7 Å². The number of piperazine rings is 1. The number of benzene rings is 2. The van der Waals surface area contributed by atoms with E-state index in [0.717, 1.165) is 0 Å². The molecule has 8 nitrogen and oxygen atoms in total. The number of anilines is 1. The van der Waals surface area contributed by atoms with Gasteiger partial charge in [-0.1, -0.05) is 41.1 Å². The van der Waals surface area contributed by atoms with E-state index in [0.29, 0.717) is 22.2 Å². The zero-order valence-electron chi connectivity index (χ0n) is 18.8. The van der Waals surface area contributed by atoms with Crippen molar-refractivity contribution in [2.45, 2.75) is 17.9 Å². The Morgan fingerprint density at radius 1 is 1.18 bits per heavy atom. The Balaban J connectivity index is 1.51. The largest absolute Gasteiger partial charge is 0.345 e. The van der Waals surface area contributed by atoms with Crippen LogP contribution in [0.1, 0.15) is 17.3 Å². The summed E-state index contributed by atoms with van der Waals surface area (Å²) in [6, 6.07) is 10.6. The molecule has 1 aliphatic heterocycles. The lowest BCUT2D eigenvalue weighted by molar-refractivity contribution is 0.0823. The molecule has 2 aromatic carbocycles. The second kappa shape index (κ2) is 9.57. The highest BCUT2D eigenvalue weighted by Crippen LogP contribution is 2.33. The highest BCUT2D eigenvalue weighted by molar-refractivity contribution is 7.89. The molecular weight excluding hydrogens is 501 g/mol. The van der Waals surface area contributed by atoms with E-state index >= 15 is 0 Å². The van der Waals surface area contributed by atoms with E-state index in [2.05, 4.69) is 10.2 Å². The molecule has 1 atom stereocenters. The van der Waals surface area contributed by atoms with Crippen molar-refractivity contribution in [1.29, 1.82) is 0 Å². The van der Waals surface area contributed by atoms with Crippen molar-refractivity contribution in [1.82, 2.24) is 19.4 Å². The predicted octanol–water partition coefficient (Wildman–Crippen LogP) is 3.60. The van der Waals surface area contributed by atoms with Gasteiger partial charge in [-0.05, 0) is 31.2 Å². The van der Waals surface area contributed by atoms with Crippen LogP contribution in [0.3, 0.4) is 0 Å². The molecule has 0 saturated carbocycles. The Labute approximate surface area is 206 Å². The quantitative estimate of drug-likeness (QED) is 0.508. The Hall–Kier alpha value is -2.60. The minimum atomic E-state index is -3.72. The summed E-state index contributed by atoms with van der Waals surface area (Å²) >= 11 is 7.41. The number of rotatable bonds is 5. The van der Waals surface area contributed by atoms with Gasteiger partial charge in [-0.25, -0.2) is 12.8 Å². The summed E-state index contributed by atoms with van der Waals surface area (Å²) in [4.78, 5) is 15.5. The van der Waals surface area contributed by atoms with E-state index in [1.807, 2.05) is 11.8 Å². The Bertz CT molecular complexity index is 1330. The summed E-state index contributed by atoms with van der Waals surface area (Å²) in [6.45, 7) is 2.86. The van der Waals surface area contributed by atoms with Crippen molar-refractivity contribution >= 4 is 44.0 Å². The number of carbonyl (C=O) groups excluding carboxylic acids is 1. The van der Waals surface area contributed by atoms with E-state index in [-0.39, 0.29) is 34.6 Å². The second-order valence-electron chi connectivity index (χ2n) is 8.12. The maximum absolute atomic E-state index is 14.5. The third-order valence-corrected chi connectivity index (χ3v) is 8.93. The average Bonchev–Trinajstić information content (AvgIpc) is 3.28. The Morgan fingerprint density at radius 3 is 2.56 bits per heavy atom. The van der Waals surface area contributed by atoms with Crippen LogP contribution < -0.4 is 4.90 Å². The Kier molecular flexibility index (Phi) is 6.90. The maximum atomic E-state index is 14.5. The number of aromatic nitrogens is 2. The normalized spacial score (nSPS) is 17.1. The first-order valence-corrected chi connectivity index (χ1v) is 13.1. The minimum Gasteiger partial charge on any atom is -0.345 e. The SMILES string of the molecule is CC1CN(S(=O)(=O)c2ccccc2Cl)CCN1c1nnc(-c2ccc(C(=O)N(C)C)c(F)c2)s1. The first-order chi connectivity index (χ1) is 16.1. The molecule has 1 fully saturated rings. The second-order valence-corrected chi connectivity index (χ2v) is 11.4. The molecule has 0 N–H and O–H groups in total. The summed E-state index contributed by atoms with van der Waals surface area (Å²) in [6.07, 6.45) is 0. The van der Waals surface area contributed by atoms with Gasteiger partial charge < -0.3 is 9.80 Å². The van der Waals surface area contributed by atoms with Crippen LogP contribution in [0.4, 0.5) is 9.52 Å². The number of halogens is 2. The average molecular weight is 524 g/mol. The highest BCUT2D eigenvalue weighted by atomic mass is 35.5. The summed E-state index contributed by atoms with van der Waals surface area (Å²) < 4.78 is 42.1. The van der Waals surface area contributed by atoms with E-state index in [1.54, 1.807) is 38.4 Å². The lowest BCUT2D eigenvalue weighted by Gasteiger charge is -2.38. The molecule has 180 valence electrons. The predicted molar refractivity (Wildman–Crippen MR) is 130 cm³/mol. The standard InChI is InChI=1S/C22H23ClFN5O3S2/c1-14-13-28(34(31,32)19-7-5-4-6-17(19)23)10-11-29(14)22-26-25-20(33-22)15-8-9-16(18(24)12-15)21(30)27(2)3/h4-9,12,14H,10-11,13H2,1-3H3. The van der Waals surface area contributed by atoms with Crippen molar-refractivity contribution in [2.24, 2.45) is 0 Å². The molecule has 12 heteroatoms. The van der Waals surface area contributed by atoms with Crippen LogP contribution in [0, 0.1) is 5.82 Å². The fourth-order valence-corrected chi connectivity index (χ4v) is 6.71. The molecule has 3 aromatic rings. The van der Waals surface area contributed by atoms with Crippen molar-refractivity contribution in [3.63, 3.8) is 0 Å². The summed E-state index contributed by atoms with van der Waals surface area (Å²) in [7, 11) is -0.596. The molecular formula is C22H23ClFN5O3S2. The number of nitrogens with zero attached hydrogens (tertiary/aromatic N) is 5. The molecule has 0 spiro atoms. The molecule has 0 aliphatic carbocycles. The zero-order chi connectivity index (χ0) is 24.6. The molecule has 2 heterocycles. The van der Waals surface area contributed by atoms with Gasteiger partial charge in [-0.3, -0.25) is 4.79 Å². The molecule has 1 saturated heterocycles. The van der Waals surface area contributed by atoms with Crippen molar-refractivity contribution in [3.05, 3.63) is 58.9 Å². The summed E-state index contributed by atoms with van der Waals surface area (Å²) in [5, 5.41) is 9.76. The third-order valence-electron chi connectivity index (χ3n) is 5.56.